The van der Waals surface area contributed by atoms with Crippen molar-refractivity contribution < 1.29 is 4.39 Å². The zero-order valence-corrected chi connectivity index (χ0v) is 9.70. The van der Waals surface area contributed by atoms with Crippen LogP contribution in [0.2, 0.25) is 0 Å². The second kappa shape index (κ2) is 4.99. The number of halogens is 1. The molecular formula is C15H14FN. The van der Waals surface area contributed by atoms with Gasteiger partial charge in [0.1, 0.15) is 5.82 Å². The summed E-state index contributed by atoms with van der Waals surface area (Å²) in [6, 6.07) is 10.4. The fourth-order valence-electron chi connectivity index (χ4n) is 1.93. The highest BCUT2D eigenvalue weighted by Gasteiger charge is 2.10. The van der Waals surface area contributed by atoms with Crippen LogP contribution < -0.4 is 5.73 Å². The molecule has 0 aliphatic heterocycles. The first-order valence-electron chi connectivity index (χ1n) is 5.56. The third kappa shape index (κ3) is 2.30. The first-order chi connectivity index (χ1) is 8.24. The molecular weight excluding hydrogens is 213 g/mol. The molecule has 2 aromatic rings. The maximum Gasteiger partial charge on any atom is 0.131 e. The van der Waals surface area contributed by atoms with Gasteiger partial charge in [0, 0.05) is 17.8 Å². The van der Waals surface area contributed by atoms with Gasteiger partial charge in [-0.2, -0.15) is 0 Å². The van der Waals surface area contributed by atoms with E-state index in [0.717, 1.165) is 10.9 Å². The minimum absolute atomic E-state index is 0.173. The Morgan fingerprint density at radius 2 is 1.88 bits per heavy atom. The minimum Gasteiger partial charge on any atom is -0.323 e. The summed E-state index contributed by atoms with van der Waals surface area (Å²) >= 11 is 0. The van der Waals surface area contributed by atoms with Gasteiger partial charge in [-0.05, 0) is 23.9 Å². The molecule has 0 aliphatic carbocycles. The van der Waals surface area contributed by atoms with Gasteiger partial charge in [0.25, 0.3) is 0 Å². The van der Waals surface area contributed by atoms with Gasteiger partial charge in [-0.25, -0.2) is 4.39 Å². The second-order valence-electron chi connectivity index (χ2n) is 3.92. The molecule has 86 valence electrons. The van der Waals surface area contributed by atoms with Crippen LogP contribution in [0.5, 0.6) is 0 Å². The fourth-order valence-corrected chi connectivity index (χ4v) is 1.93. The summed E-state index contributed by atoms with van der Waals surface area (Å²) in [7, 11) is 0. The Morgan fingerprint density at radius 3 is 2.59 bits per heavy atom. The number of benzene rings is 2. The molecule has 0 saturated carbocycles. The van der Waals surface area contributed by atoms with Gasteiger partial charge in [0.2, 0.25) is 0 Å². The average molecular weight is 227 g/mol. The third-order valence-electron chi connectivity index (χ3n) is 2.80. The van der Waals surface area contributed by atoms with E-state index in [2.05, 4.69) is 11.8 Å². The molecule has 0 bridgehead atoms. The zero-order chi connectivity index (χ0) is 12.3. The summed E-state index contributed by atoms with van der Waals surface area (Å²) in [4.78, 5) is 0. The predicted molar refractivity (Wildman–Crippen MR) is 68.9 cm³/mol. The van der Waals surface area contributed by atoms with Crippen LogP contribution in [0.25, 0.3) is 10.8 Å². The van der Waals surface area contributed by atoms with Gasteiger partial charge in [-0.3, -0.25) is 0 Å². The van der Waals surface area contributed by atoms with E-state index in [0.29, 0.717) is 11.8 Å². The van der Waals surface area contributed by atoms with E-state index in [1.54, 1.807) is 19.1 Å². The highest BCUT2D eigenvalue weighted by Crippen LogP contribution is 2.26. The first kappa shape index (κ1) is 11.6. The highest BCUT2D eigenvalue weighted by molar-refractivity contribution is 5.86. The summed E-state index contributed by atoms with van der Waals surface area (Å²) in [5.41, 5.74) is 7.02. The Bertz CT molecular complexity index is 593. The predicted octanol–water partition coefficient (Wildman–Crippen LogP) is 3.39. The van der Waals surface area contributed by atoms with E-state index in [9.17, 15) is 4.39 Å². The molecule has 1 nitrogen and oxygen atoms in total. The van der Waals surface area contributed by atoms with Crippen LogP contribution in [0.1, 0.15) is 24.9 Å². The average Bonchev–Trinajstić information content (AvgIpc) is 2.37. The number of nitrogens with two attached hydrogens (primary N) is 1. The van der Waals surface area contributed by atoms with Gasteiger partial charge in [0.15, 0.2) is 0 Å². The number of hydrogen-bond acceptors (Lipinski definition) is 1. The fraction of sp³-hybridized carbons (Fsp3) is 0.200. The van der Waals surface area contributed by atoms with E-state index >= 15 is 0 Å². The second-order valence-corrected chi connectivity index (χ2v) is 3.92. The lowest BCUT2D eigenvalue weighted by Gasteiger charge is -2.12. The first-order valence-corrected chi connectivity index (χ1v) is 5.56. The van der Waals surface area contributed by atoms with Crippen molar-refractivity contribution in [3.05, 3.63) is 47.8 Å². The number of rotatable bonds is 2. The van der Waals surface area contributed by atoms with Crippen molar-refractivity contribution in [1.82, 2.24) is 0 Å². The summed E-state index contributed by atoms with van der Waals surface area (Å²) in [6.07, 6.45) is 0.589. The molecule has 0 amide bonds. The Morgan fingerprint density at radius 1 is 1.18 bits per heavy atom. The van der Waals surface area contributed by atoms with Gasteiger partial charge >= 0.3 is 0 Å². The van der Waals surface area contributed by atoms with Crippen molar-refractivity contribution in [2.45, 2.75) is 19.4 Å². The van der Waals surface area contributed by atoms with Gasteiger partial charge in [-0.15, -0.1) is 11.8 Å². The molecule has 0 spiro atoms. The van der Waals surface area contributed by atoms with Crippen LogP contribution in [-0.2, 0) is 0 Å². The normalized spacial score (nSPS) is 11.9. The van der Waals surface area contributed by atoms with Crippen molar-refractivity contribution in [2.24, 2.45) is 5.73 Å². The Balaban J connectivity index is 2.53. The Kier molecular flexibility index (Phi) is 3.41. The summed E-state index contributed by atoms with van der Waals surface area (Å²) in [6.45, 7) is 1.79. The monoisotopic (exact) mass is 227 g/mol. The lowest BCUT2D eigenvalue weighted by Crippen LogP contribution is -2.10. The summed E-state index contributed by atoms with van der Waals surface area (Å²) < 4.78 is 13.6. The maximum absolute atomic E-state index is 13.6. The number of hydrogen-bond donors (Lipinski definition) is 1. The molecule has 2 aromatic carbocycles. The molecule has 0 fully saturated rings. The third-order valence-corrected chi connectivity index (χ3v) is 2.80. The molecule has 1 unspecified atom stereocenters. The molecule has 0 saturated heterocycles. The molecule has 0 heterocycles. The Hall–Kier alpha value is -1.85. The molecule has 2 rings (SSSR count). The summed E-state index contributed by atoms with van der Waals surface area (Å²) in [5, 5.41) is 1.49. The van der Waals surface area contributed by atoms with Crippen molar-refractivity contribution >= 4 is 10.8 Å². The Labute approximate surface area is 100 Å². The van der Waals surface area contributed by atoms with E-state index in [1.807, 2.05) is 18.2 Å². The lowest BCUT2D eigenvalue weighted by atomic mass is 9.97. The van der Waals surface area contributed by atoms with Crippen LogP contribution >= 0.6 is 0 Å². The zero-order valence-electron chi connectivity index (χ0n) is 9.70. The van der Waals surface area contributed by atoms with Crippen molar-refractivity contribution in [3.63, 3.8) is 0 Å². The molecule has 17 heavy (non-hydrogen) atoms. The van der Waals surface area contributed by atoms with E-state index in [1.165, 1.54) is 6.07 Å². The van der Waals surface area contributed by atoms with Crippen LogP contribution in [0.15, 0.2) is 36.4 Å². The quantitative estimate of drug-likeness (QED) is 0.782. The molecule has 0 radical (unpaired) electrons. The largest absolute Gasteiger partial charge is 0.323 e. The van der Waals surface area contributed by atoms with Crippen LogP contribution in [0, 0.1) is 17.7 Å². The van der Waals surface area contributed by atoms with E-state index in [-0.39, 0.29) is 11.9 Å². The smallest absolute Gasteiger partial charge is 0.131 e. The van der Waals surface area contributed by atoms with E-state index in [4.69, 9.17) is 5.73 Å². The van der Waals surface area contributed by atoms with Crippen LogP contribution in [0.3, 0.4) is 0 Å². The minimum atomic E-state index is -0.210. The van der Waals surface area contributed by atoms with Crippen molar-refractivity contribution in [2.75, 3.05) is 0 Å². The van der Waals surface area contributed by atoms with Crippen molar-refractivity contribution in [3.8, 4) is 11.8 Å². The van der Waals surface area contributed by atoms with Gasteiger partial charge in [-0.1, -0.05) is 30.3 Å². The molecule has 0 aliphatic rings. The van der Waals surface area contributed by atoms with Gasteiger partial charge < -0.3 is 5.73 Å². The molecule has 2 heteroatoms. The topological polar surface area (TPSA) is 26.0 Å². The maximum atomic E-state index is 13.6. The lowest BCUT2D eigenvalue weighted by molar-refractivity contribution is 0.638. The van der Waals surface area contributed by atoms with Gasteiger partial charge in [0.05, 0.1) is 0 Å². The van der Waals surface area contributed by atoms with Crippen LogP contribution in [-0.4, -0.2) is 0 Å². The van der Waals surface area contributed by atoms with Crippen LogP contribution in [0.4, 0.5) is 4.39 Å². The number of fused-ring (bicyclic) bond motifs is 1. The molecule has 1 atom stereocenters. The standard InChI is InChI=1S/C15H14FN/c1-2-3-8-15(17)13-9-10-14(16)12-7-5-4-6-11(12)13/h4-7,9-10,15H,8,17H2,1H3. The highest BCUT2D eigenvalue weighted by atomic mass is 19.1. The van der Waals surface area contributed by atoms with E-state index < -0.39 is 0 Å². The SMILES string of the molecule is CC#CCC(N)c1ccc(F)c2ccccc12. The summed E-state index contributed by atoms with van der Waals surface area (Å²) in [5.74, 6) is 5.57. The molecule has 2 N–H and O–H groups in total. The molecule has 0 aromatic heterocycles. The van der Waals surface area contributed by atoms with Crippen molar-refractivity contribution in [1.29, 1.82) is 0 Å².